The van der Waals surface area contributed by atoms with E-state index in [-0.39, 0.29) is 5.56 Å². The van der Waals surface area contributed by atoms with E-state index >= 15 is 0 Å². The van der Waals surface area contributed by atoms with E-state index in [1.807, 2.05) is 13.8 Å². The summed E-state index contributed by atoms with van der Waals surface area (Å²) in [5.41, 5.74) is 5.36. The zero-order chi connectivity index (χ0) is 16.5. The molecule has 0 aromatic heterocycles. The van der Waals surface area contributed by atoms with Crippen LogP contribution in [-0.2, 0) is 9.53 Å². The van der Waals surface area contributed by atoms with E-state index in [0.717, 1.165) is 12.8 Å². The van der Waals surface area contributed by atoms with Crippen molar-refractivity contribution in [1.82, 2.24) is 0 Å². The zero-order valence-corrected chi connectivity index (χ0v) is 13.3. The number of amides is 1. The second-order valence-corrected chi connectivity index (χ2v) is 4.81. The molecule has 2 N–H and O–H groups in total. The molecule has 0 spiro atoms. The molecule has 1 aromatic carbocycles. The molecule has 0 aliphatic carbocycles. The maximum Gasteiger partial charge on any atom is 0.339 e. The molecule has 0 fully saturated rings. The highest BCUT2D eigenvalue weighted by atomic mass is 16.5. The Morgan fingerprint density at radius 1 is 1.09 bits per heavy atom. The van der Waals surface area contributed by atoms with Gasteiger partial charge >= 0.3 is 5.97 Å². The van der Waals surface area contributed by atoms with Crippen molar-refractivity contribution in [2.24, 2.45) is 5.73 Å². The minimum Gasteiger partial charge on any atom is -0.490 e. The van der Waals surface area contributed by atoms with E-state index in [0.29, 0.717) is 24.7 Å². The van der Waals surface area contributed by atoms with E-state index in [1.54, 1.807) is 18.2 Å². The minimum atomic E-state index is -0.983. The molecule has 0 aliphatic heterocycles. The van der Waals surface area contributed by atoms with E-state index < -0.39 is 18.0 Å². The predicted molar refractivity (Wildman–Crippen MR) is 82.1 cm³/mol. The summed E-state index contributed by atoms with van der Waals surface area (Å²) in [5, 5.41) is 0. The molecule has 0 saturated carbocycles. The molecular formula is C16H23NO5. The largest absolute Gasteiger partial charge is 0.490 e. The molecular weight excluding hydrogens is 286 g/mol. The lowest BCUT2D eigenvalue weighted by molar-refractivity contribution is -0.125. The Morgan fingerprint density at radius 2 is 1.68 bits per heavy atom. The molecule has 1 aromatic rings. The summed E-state index contributed by atoms with van der Waals surface area (Å²) >= 11 is 0. The minimum absolute atomic E-state index is 0.281. The van der Waals surface area contributed by atoms with E-state index in [2.05, 4.69) is 0 Å². The topological polar surface area (TPSA) is 87.9 Å². The summed E-state index contributed by atoms with van der Waals surface area (Å²) < 4.78 is 16.2. The highest BCUT2D eigenvalue weighted by Crippen LogP contribution is 2.29. The Morgan fingerprint density at radius 3 is 2.23 bits per heavy atom. The van der Waals surface area contributed by atoms with E-state index in [9.17, 15) is 9.59 Å². The van der Waals surface area contributed by atoms with Gasteiger partial charge in [0, 0.05) is 0 Å². The lowest BCUT2D eigenvalue weighted by Gasteiger charge is -2.14. The molecule has 0 bridgehead atoms. The second-order valence-electron chi connectivity index (χ2n) is 4.81. The fourth-order valence-corrected chi connectivity index (χ4v) is 1.58. The zero-order valence-electron chi connectivity index (χ0n) is 13.3. The van der Waals surface area contributed by atoms with Crippen molar-refractivity contribution in [3.8, 4) is 11.5 Å². The van der Waals surface area contributed by atoms with Gasteiger partial charge in [0.2, 0.25) is 0 Å². The van der Waals surface area contributed by atoms with Gasteiger partial charge < -0.3 is 19.9 Å². The number of carbonyl (C=O) groups is 2. The molecule has 122 valence electrons. The first-order valence-electron chi connectivity index (χ1n) is 7.39. The maximum atomic E-state index is 12.0. The number of nitrogens with two attached hydrogens (primary N) is 1. The average Bonchev–Trinajstić information content (AvgIpc) is 2.50. The highest BCUT2D eigenvalue weighted by molar-refractivity contribution is 5.92. The van der Waals surface area contributed by atoms with Crippen molar-refractivity contribution in [2.45, 2.75) is 39.7 Å². The van der Waals surface area contributed by atoms with Crippen LogP contribution in [0.5, 0.6) is 11.5 Å². The van der Waals surface area contributed by atoms with Gasteiger partial charge in [0.15, 0.2) is 17.6 Å². The predicted octanol–water partition coefficient (Wildman–Crippen LogP) is 2.29. The van der Waals surface area contributed by atoms with Crippen LogP contribution in [0.4, 0.5) is 0 Å². The van der Waals surface area contributed by atoms with E-state index in [4.69, 9.17) is 19.9 Å². The van der Waals surface area contributed by atoms with Crippen LogP contribution in [0.3, 0.4) is 0 Å². The van der Waals surface area contributed by atoms with Crippen molar-refractivity contribution in [2.75, 3.05) is 13.2 Å². The van der Waals surface area contributed by atoms with Gasteiger partial charge in [0.25, 0.3) is 5.91 Å². The summed E-state index contributed by atoms with van der Waals surface area (Å²) in [6, 6.07) is 4.78. The van der Waals surface area contributed by atoms with Crippen LogP contribution < -0.4 is 15.2 Å². The molecule has 0 unspecified atom stereocenters. The van der Waals surface area contributed by atoms with Gasteiger partial charge in [-0.3, -0.25) is 4.79 Å². The molecule has 6 heteroatoms. The normalized spacial score (nSPS) is 11.6. The summed E-state index contributed by atoms with van der Waals surface area (Å²) in [6.07, 6.45) is 0.719. The quantitative estimate of drug-likeness (QED) is 0.707. The Labute approximate surface area is 130 Å². The number of primary amides is 1. The standard InChI is InChI=1S/C16H23NO5/c1-4-8-20-13-7-6-12(10-14(13)21-9-5-2)16(19)22-11(3)15(17)18/h6-7,10-11H,4-5,8-9H2,1-3H3,(H2,17,18)/t11-/m1/s1. The third-order valence-corrected chi connectivity index (χ3v) is 2.79. The van der Waals surface area contributed by atoms with Crippen LogP contribution in [0.15, 0.2) is 18.2 Å². The van der Waals surface area contributed by atoms with Gasteiger partial charge in [-0.05, 0) is 38.0 Å². The van der Waals surface area contributed by atoms with Gasteiger partial charge in [-0.2, -0.15) is 0 Å². The lowest BCUT2D eigenvalue weighted by Crippen LogP contribution is -2.30. The Balaban J connectivity index is 2.91. The summed E-state index contributed by atoms with van der Waals surface area (Å²) in [6.45, 7) is 6.49. The molecule has 0 saturated heterocycles. The fourth-order valence-electron chi connectivity index (χ4n) is 1.58. The third kappa shape index (κ3) is 5.27. The number of hydrogen-bond acceptors (Lipinski definition) is 5. The average molecular weight is 309 g/mol. The SMILES string of the molecule is CCCOc1ccc(C(=O)O[C@H](C)C(N)=O)cc1OCCC. The van der Waals surface area contributed by atoms with Crippen molar-refractivity contribution in [3.05, 3.63) is 23.8 Å². The Hall–Kier alpha value is -2.24. The second kappa shape index (κ2) is 8.92. The first kappa shape index (κ1) is 17.8. The number of benzene rings is 1. The first-order chi connectivity index (χ1) is 10.5. The number of rotatable bonds is 9. The molecule has 0 heterocycles. The Bertz CT molecular complexity index is 515. The third-order valence-electron chi connectivity index (χ3n) is 2.79. The molecule has 22 heavy (non-hydrogen) atoms. The molecule has 6 nitrogen and oxygen atoms in total. The van der Waals surface area contributed by atoms with Gasteiger partial charge in [0.1, 0.15) is 0 Å². The van der Waals surface area contributed by atoms with Crippen molar-refractivity contribution in [3.63, 3.8) is 0 Å². The maximum absolute atomic E-state index is 12.0. The van der Waals surface area contributed by atoms with Gasteiger partial charge in [-0.25, -0.2) is 4.79 Å². The lowest BCUT2D eigenvalue weighted by atomic mass is 10.2. The summed E-state index contributed by atoms with van der Waals surface area (Å²) in [5.74, 6) is -0.264. The summed E-state index contributed by atoms with van der Waals surface area (Å²) in [4.78, 5) is 22.9. The smallest absolute Gasteiger partial charge is 0.339 e. The molecule has 1 amide bonds. The van der Waals surface area contributed by atoms with Gasteiger partial charge in [-0.15, -0.1) is 0 Å². The van der Waals surface area contributed by atoms with Crippen LogP contribution in [0.2, 0.25) is 0 Å². The number of hydrogen-bond donors (Lipinski definition) is 1. The monoisotopic (exact) mass is 309 g/mol. The van der Waals surface area contributed by atoms with Gasteiger partial charge in [-0.1, -0.05) is 13.8 Å². The van der Waals surface area contributed by atoms with Crippen molar-refractivity contribution in [1.29, 1.82) is 0 Å². The molecule has 0 radical (unpaired) electrons. The number of carbonyl (C=O) groups excluding carboxylic acids is 2. The van der Waals surface area contributed by atoms with Crippen molar-refractivity contribution >= 4 is 11.9 Å². The van der Waals surface area contributed by atoms with Crippen LogP contribution >= 0.6 is 0 Å². The van der Waals surface area contributed by atoms with Crippen LogP contribution in [0.1, 0.15) is 44.0 Å². The number of ether oxygens (including phenoxy) is 3. The van der Waals surface area contributed by atoms with Crippen LogP contribution in [-0.4, -0.2) is 31.2 Å². The van der Waals surface area contributed by atoms with Gasteiger partial charge in [0.05, 0.1) is 18.8 Å². The van der Waals surface area contributed by atoms with Crippen LogP contribution in [0.25, 0.3) is 0 Å². The van der Waals surface area contributed by atoms with E-state index in [1.165, 1.54) is 6.92 Å². The fraction of sp³-hybridized carbons (Fsp3) is 0.500. The molecule has 0 aliphatic rings. The highest BCUT2D eigenvalue weighted by Gasteiger charge is 2.18. The van der Waals surface area contributed by atoms with Crippen molar-refractivity contribution < 1.29 is 23.8 Å². The summed E-state index contributed by atoms with van der Waals surface area (Å²) in [7, 11) is 0. The Kier molecular flexibility index (Phi) is 7.22. The first-order valence-corrected chi connectivity index (χ1v) is 7.39. The molecule has 1 atom stereocenters. The number of esters is 1. The van der Waals surface area contributed by atoms with Crippen LogP contribution in [0, 0.1) is 0 Å². The molecule has 1 rings (SSSR count).